The summed E-state index contributed by atoms with van der Waals surface area (Å²) in [5.41, 5.74) is 5.93. The molecule has 1 aliphatic carbocycles. The third kappa shape index (κ3) is 5.68. The highest BCUT2D eigenvalue weighted by atomic mass is 16.6. The van der Waals surface area contributed by atoms with E-state index < -0.39 is 10.9 Å². The van der Waals surface area contributed by atoms with Gasteiger partial charge in [0.1, 0.15) is 18.2 Å². The van der Waals surface area contributed by atoms with E-state index in [4.69, 9.17) is 9.72 Å². The number of nitrogens with zero attached hydrogens (tertiary/aromatic N) is 6. The van der Waals surface area contributed by atoms with Crippen molar-refractivity contribution in [3.63, 3.8) is 0 Å². The zero-order valence-corrected chi connectivity index (χ0v) is 24.7. The Morgan fingerprint density at radius 1 is 0.935 bits per heavy atom. The summed E-state index contributed by atoms with van der Waals surface area (Å²) in [4.78, 5) is 27.5. The van der Waals surface area contributed by atoms with Crippen molar-refractivity contribution in [1.82, 2.24) is 30.2 Å². The maximum Gasteiger partial charge on any atom is 0.335 e. The van der Waals surface area contributed by atoms with Gasteiger partial charge in [0, 0.05) is 29.3 Å². The quantitative estimate of drug-likeness (QED) is 0.126. The van der Waals surface area contributed by atoms with Crippen LogP contribution in [0.15, 0.2) is 84.9 Å². The number of aromatic carboxylic acids is 1. The molecule has 0 saturated heterocycles. The van der Waals surface area contributed by atoms with Gasteiger partial charge in [0.25, 0.3) is 5.69 Å². The largest absolute Gasteiger partial charge is 0.489 e. The number of nitrogens with one attached hydrogen (secondary N) is 1. The first kappa shape index (κ1) is 28.8. The number of H-pyrrole nitrogens is 1. The van der Waals surface area contributed by atoms with E-state index in [1.54, 1.807) is 24.3 Å². The van der Waals surface area contributed by atoms with Gasteiger partial charge in [-0.25, -0.2) is 9.78 Å². The Morgan fingerprint density at radius 2 is 1.67 bits per heavy atom. The normalized spacial score (nSPS) is 13.6. The number of nitro benzene ring substituents is 1. The van der Waals surface area contributed by atoms with Crippen LogP contribution in [0.2, 0.25) is 0 Å². The molecule has 12 heteroatoms. The Hall–Kier alpha value is -5.91. The lowest BCUT2D eigenvalue weighted by atomic mass is 9.95. The summed E-state index contributed by atoms with van der Waals surface area (Å²) in [6, 6.07) is 25.1. The summed E-state index contributed by atoms with van der Waals surface area (Å²) < 4.78 is 8.51. The molecule has 1 saturated carbocycles. The van der Waals surface area contributed by atoms with Crippen LogP contribution in [0.4, 0.5) is 5.69 Å². The molecule has 2 N–H and O–H groups in total. The third-order valence-corrected chi connectivity index (χ3v) is 8.48. The minimum atomic E-state index is -1.05. The summed E-state index contributed by atoms with van der Waals surface area (Å²) >= 11 is 0. The van der Waals surface area contributed by atoms with Crippen molar-refractivity contribution in [2.45, 2.75) is 44.8 Å². The Kier molecular flexibility index (Phi) is 7.67. The average molecular weight is 616 g/mol. The maximum atomic E-state index is 11.7. The second-order valence-corrected chi connectivity index (χ2v) is 11.3. The highest BCUT2D eigenvalue weighted by Gasteiger charge is 2.23. The Balaban J connectivity index is 1.18. The van der Waals surface area contributed by atoms with Gasteiger partial charge >= 0.3 is 5.97 Å². The van der Waals surface area contributed by atoms with Crippen LogP contribution in [0.3, 0.4) is 0 Å². The fourth-order valence-corrected chi connectivity index (χ4v) is 6.19. The molecule has 0 unspecified atom stereocenters. The smallest absolute Gasteiger partial charge is 0.335 e. The Labute approximate surface area is 262 Å². The van der Waals surface area contributed by atoms with Crippen LogP contribution < -0.4 is 4.74 Å². The van der Waals surface area contributed by atoms with Gasteiger partial charge in [-0.2, -0.15) is 5.21 Å². The second-order valence-electron chi connectivity index (χ2n) is 11.3. The minimum absolute atomic E-state index is 0.0202. The highest BCUT2D eigenvalue weighted by Crippen LogP contribution is 2.37. The number of tetrazole rings is 1. The van der Waals surface area contributed by atoms with Crippen molar-refractivity contribution in [2.24, 2.45) is 0 Å². The standard InChI is InChI=1S/C34H29N7O5/c42-34(43)24-10-16-29(21-6-12-27(13-7-21)41(44)45)25(18-24)20-46-28-14-8-22(9-15-28)33-35-30-19-23(32-36-38-39-37-32)11-17-31(30)40(33)26-4-2-1-3-5-26/h6-19,26H,1-5,20H2,(H,42,43)(H,36,37,38,39). The molecule has 2 heterocycles. The van der Waals surface area contributed by atoms with Crippen LogP contribution in [0, 0.1) is 10.1 Å². The third-order valence-electron chi connectivity index (χ3n) is 8.48. The van der Waals surface area contributed by atoms with Crippen LogP contribution in [0.5, 0.6) is 5.75 Å². The van der Waals surface area contributed by atoms with Crippen LogP contribution in [-0.2, 0) is 6.61 Å². The molecule has 0 aliphatic heterocycles. The van der Waals surface area contributed by atoms with Gasteiger partial charge in [0.2, 0.25) is 5.82 Å². The Bertz CT molecular complexity index is 2030. The molecule has 4 aromatic carbocycles. The van der Waals surface area contributed by atoms with Gasteiger partial charge in [0.15, 0.2) is 0 Å². The molecule has 6 aromatic rings. The zero-order chi connectivity index (χ0) is 31.6. The fourth-order valence-electron chi connectivity index (χ4n) is 6.19. The first-order valence-corrected chi connectivity index (χ1v) is 15.0. The predicted molar refractivity (Wildman–Crippen MR) is 170 cm³/mol. The predicted octanol–water partition coefficient (Wildman–Crippen LogP) is 7.24. The van der Waals surface area contributed by atoms with Gasteiger partial charge in [-0.1, -0.05) is 25.3 Å². The van der Waals surface area contributed by atoms with Gasteiger partial charge in [-0.05, 0) is 101 Å². The van der Waals surface area contributed by atoms with E-state index in [1.807, 2.05) is 36.4 Å². The molecule has 0 bridgehead atoms. The van der Waals surface area contributed by atoms with Gasteiger partial charge in [-0.3, -0.25) is 10.1 Å². The molecule has 0 atom stereocenters. The molecule has 0 radical (unpaired) electrons. The molecule has 46 heavy (non-hydrogen) atoms. The van der Waals surface area contributed by atoms with Gasteiger partial charge in [-0.15, -0.1) is 10.2 Å². The summed E-state index contributed by atoms with van der Waals surface area (Å²) in [5.74, 6) is 0.959. The van der Waals surface area contributed by atoms with E-state index in [2.05, 4.69) is 31.3 Å². The molecule has 7 rings (SSSR count). The number of carbonyl (C=O) groups is 1. The monoisotopic (exact) mass is 615 g/mol. The number of aromatic nitrogens is 6. The number of ether oxygens (including phenoxy) is 1. The number of carboxylic acids is 1. The number of hydrogen-bond acceptors (Lipinski definition) is 8. The number of hydrogen-bond donors (Lipinski definition) is 2. The topological polar surface area (TPSA) is 162 Å². The zero-order valence-electron chi connectivity index (χ0n) is 24.7. The van der Waals surface area contributed by atoms with Crippen LogP contribution in [-0.4, -0.2) is 46.2 Å². The lowest BCUT2D eigenvalue weighted by Gasteiger charge is -2.25. The molecule has 1 aliphatic rings. The van der Waals surface area contributed by atoms with Crippen LogP contribution in [0.1, 0.15) is 54.1 Å². The van der Waals surface area contributed by atoms with E-state index >= 15 is 0 Å². The molecule has 2 aromatic heterocycles. The van der Waals surface area contributed by atoms with Crippen molar-refractivity contribution >= 4 is 22.7 Å². The SMILES string of the molecule is O=C(O)c1ccc(-c2ccc([N+](=O)[O-])cc2)c(COc2ccc(-c3nc4cc(-c5nn[nH]n5)ccc4n3C3CCCCC3)cc2)c1. The van der Waals surface area contributed by atoms with Crippen molar-refractivity contribution in [2.75, 3.05) is 0 Å². The molecule has 230 valence electrons. The average Bonchev–Trinajstić information content (AvgIpc) is 3.76. The fraction of sp³-hybridized carbons (Fsp3) is 0.206. The van der Waals surface area contributed by atoms with E-state index in [1.165, 1.54) is 37.5 Å². The lowest BCUT2D eigenvalue weighted by molar-refractivity contribution is -0.384. The van der Waals surface area contributed by atoms with Crippen molar-refractivity contribution in [3.8, 4) is 39.7 Å². The summed E-state index contributed by atoms with van der Waals surface area (Å²) in [6.45, 7) is 0.103. The number of fused-ring (bicyclic) bond motifs is 1. The number of benzene rings is 4. The molecule has 12 nitrogen and oxygen atoms in total. The van der Waals surface area contributed by atoms with E-state index in [0.29, 0.717) is 23.2 Å². The van der Waals surface area contributed by atoms with E-state index in [-0.39, 0.29) is 17.9 Å². The molecule has 1 fully saturated rings. The second kappa shape index (κ2) is 12.2. The van der Waals surface area contributed by atoms with E-state index in [9.17, 15) is 20.0 Å². The van der Waals surface area contributed by atoms with Crippen molar-refractivity contribution < 1.29 is 19.6 Å². The van der Waals surface area contributed by atoms with Crippen LogP contribution in [0.25, 0.3) is 44.9 Å². The first-order chi connectivity index (χ1) is 22.4. The molecular weight excluding hydrogens is 586 g/mol. The lowest BCUT2D eigenvalue weighted by Crippen LogP contribution is -2.14. The molecule has 0 spiro atoms. The van der Waals surface area contributed by atoms with Gasteiger partial charge in [0.05, 0.1) is 21.5 Å². The first-order valence-electron chi connectivity index (χ1n) is 15.0. The van der Waals surface area contributed by atoms with Crippen LogP contribution >= 0.6 is 0 Å². The number of imidazole rings is 1. The number of carboxylic acid groups (broad SMARTS) is 1. The number of non-ortho nitro benzene ring substituents is 1. The summed E-state index contributed by atoms with van der Waals surface area (Å²) in [6.07, 6.45) is 5.80. The number of rotatable bonds is 9. The Morgan fingerprint density at radius 3 is 2.37 bits per heavy atom. The minimum Gasteiger partial charge on any atom is -0.489 e. The van der Waals surface area contributed by atoms with Crippen molar-refractivity contribution in [1.29, 1.82) is 0 Å². The highest BCUT2D eigenvalue weighted by molar-refractivity contribution is 5.89. The number of aromatic amines is 1. The van der Waals surface area contributed by atoms with E-state index in [0.717, 1.165) is 52.0 Å². The van der Waals surface area contributed by atoms with Gasteiger partial charge < -0.3 is 14.4 Å². The molecule has 0 amide bonds. The number of nitro groups is 1. The summed E-state index contributed by atoms with van der Waals surface area (Å²) in [5, 5.41) is 35.1. The van der Waals surface area contributed by atoms with Crippen molar-refractivity contribution in [3.05, 3.63) is 106 Å². The summed E-state index contributed by atoms with van der Waals surface area (Å²) in [7, 11) is 0. The maximum absolute atomic E-state index is 11.7. The molecular formula is C34H29N7O5.